The zero-order valence-electron chi connectivity index (χ0n) is 12.6. The van der Waals surface area contributed by atoms with Crippen LogP contribution in [0.25, 0.3) is 0 Å². The van der Waals surface area contributed by atoms with Crippen molar-refractivity contribution in [2.45, 2.75) is 51.5 Å². The summed E-state index contributed by atoms with van der Waals surface area (Å²) in [5.74, 6) is 0.00543. The molecule has 1 fully saturated rings. The summed E-state index contributed by atoms with van der Waals surface area (Å²) in [4.78, 5) is 18.2. The van der Waals surface area contributed by atoms with Crippen LogP contribution in [0.4, 0.5) is 5.69 Å². The van der Waals surface area contributed by atoms with Crippen molar-refractivity contribution in [1.82, 2.24) is 9.88 Å². The Morgan fingerprint density at radius 1 is 1.40 bits per heavy atom. The predicted octanol–water partition coefficient (Wildman–Crippen LogP) is 3.31. The normalized spacial score (nSPS) is 15.3. The van der Waals surface area contributed by atoms with Gasteiger partial charge >= 0.3 is 0 Å². The van der Waals surface area contributed by atoms with Crippen molar-refractivity contribution in [1.29, 1.82) is 0 Å². The number of hydrogen-bond donors (Lipinski definition) is 1. The molecule has 0 spiro atoms. The van der Waals surface area contributed by atoms with Crippen LogP contribution in [0.2, 0.25) is 0 Å². The fraction of sp³-hybridized carbons (Fsp3) is 0.625. The smallest absolute Gasteiger partial charge is 0.272 e. The Hall–Kier alpha value is -1.58. The molecule has 1 amide bonds. The van der Waals surface area contributed by atoms with E-state index in [4.69, 9.17) is 0 Å². The number of nitrogens with zero attached hydrogens (tertiary/aromatic N) is 2. The lowest BCUT2D eigenvalue weighted by Crippen LogP contribution is -2.28. The summed E-state index contributed by atoms with van der Waals surface area (Å²) < 4.78 is 0. The van der Waals surface area contributed by atoms with Crippen LogP contribution in [-0.2, 0) is 0 Å². The van der Waals surface area contributed by atoms with E-state index < -0.39 is 0 Å². The molecule has 1 saturated carbocycles. The molecule has 1 N–H and O–H groups in total. The largest absolute Gasteiger partial charge is 0.381 e. The molecule has 4 heteroatoms. The van der Waals surface area contributed by atoms with Gasteiger partial charge in [-0.3, -0.25) is 4.79 Å². The van der Waals surface area contributed by atoms with Crippen molar-refractivity contribution in [3.8, 4) is 0 Å². The second-order valence-electron chi connectivity index (χ2n) is 5.64. The summed E-state index contributed by atoms with van der Waals surface area (Å²) in [5, 5.41) is 3.48. The summed E-state index contributed by atoms with van der Waals surface area (Å²) in [6.45, 7) is 2.92. The van der Waals surface area contributed by atoms with Crippen LogP contribution >= 0.6 is 0 Å². The number of nitrogens with one attached hydrogen (secondary N) is 1. The molecule has 0 saturated heterocycles. The zero-order chi connectivity index (χ0) is 14.4. The van der Waals surface area contributed by atoms with Crippen molar-refractivity contribution in [2.24, 2.45) is 0 Å². The van der Waals surface area contributed by atoms with Crippen molar-refractivity contribution in [3.05, 3.63) is 24.0 Å². The minimum atomic E-state index is 0.00543. The van der Waals surface area contributed by atoms with Gasteiger partial charge in [0.05, 0.1) is 11.9 Å². The molecule has 110 valence electrons. The van der Waals surface area contributed by atoms with Crippen LogP contribution in [0.5, 0.6) is 0 Å². The average molecular weight is 275 g/mol. The van der Waals surface area contributed by atoms with Gasteiger partial charge in [0.15, 0.2) is 0 Å². The third-order valence-corrected chi connectivity index (χ3v) is 3.90. The Morgan fingerprint density at radius 2 is 2.15 bits per heavy atom. The summed E-state index contributed by atoms with van der Waals surface area (Å²) >= 11 is 0. The number of hydrogen-bond acceptors (Lipinski definition) is 3. The van der Waals surface area contributed by atoms with E-state index in [9.17, 15) is 4.79 Å². The number of carbonyl (C=O) groups excluding carboxylic acids is 1. The minimum absolute atomic E-state index is 0.00543. The Morgan fingerprint density at radius 3 is 2.75 bits per heavy atom. The van der Waals surface area contributed by atoms with E-state index in [1.807, 2.05) is 19.2 Å². The van der Waals surface area contributed by atoms with E-state index in [0.29, 0.717) is 11.7 Å². The van der Waals surface area contributed by atoms with Gasteiger partial charge in [0.25, 0.3) is 5.91 Å². The summed E-state index contributed by atoms with van der Waals surface area (Å²) in [6, 6.07) is 4.36. The van der Waals surface area contributed by atoms with Crippen molar-refractivity contribution in [3.63, 3.8) is 0 Å². The second kappa shape index (κ2) is 7.27. The van der Waals surface area contributed by atoms with E-state index >= 15 is 0 Å². The van der Waals surface area contributed by atoms with Crippen LogP contribution < -0.4 is 5.32 Å². The van der Waals surface area contributed by atoms with E-state index in [0.717, 1.165) is 25.1 Å². The van der Waals surface area contributed by atoms with Gasteiger partial charge in [0.1, 0.15) is 5.69 Å². The van der Waals surface area contributed by atoms with E-state index in [1.54, 1.807) is 11.1 Å². The molecule has 4 nitrogen and oxygen atoms in total. The molecule has 1 heterocycles. The van der Waals surface area contributed by atoms with Gasteiger partial charge < -0.3 is 10.2 Å². The molecule has 1 aliphatic carbocycles. The second-order valence-corrected chi connectivity index (χ2v) is 5.64. The molecular formula is C16H25N3O. The third kappa shape index (κ3) is 3.95. The van der Waals surface area contributed by atoms with E-state index in [2.05, 4.69) is 17.2 Å². The maximum Gasteiger partial charge on any atom is 0.272 e. The first-order chi connectivity index (χ1) is 9.70. The van der Waals surface area contributed by atoms with Gasteiger partial charge in [-0.25, -0.2) is 4.98 Å². The third-order valence-electron chi connectivity index (χ3n) is 3.90. The van der Waals surface area contributed by atoms with Crippen LogP contribution in [0.15, 0.2) is 18.3 Å². The SMILES string of the molecule is CCCCN(C)C(=O)c1ccc(NC2CCCC2)cn1. The number of aromatic nitrogens is 1. The van der Waals surface area contributed by atoms with E-state index in [1.165, 1.54) is 25.7 Å². The molecule has 1 aromatic rings. The molecule has 20 heavy (non-hydrogen) atoms. The number of anilines is 1. The standard InChI is InChI=1S/C16H25N3O/c1-3-4-11-19(2)16(20)15-10-9-14(12-17-15)18-13-7-5-6-8-13/h9-10,12-13,18H,3-8,11H2,1-2H3. The predicted molar refractivity (Wildman–Crippen MR) is 82.0 cm³/mol. The lowest BCUT2D eigenvalue weighted by molar-refractivity contribution is 0.0787. The minimum Gasteiger partial charge on any atom is -0.381 e. The maximum absolute atomic E-state index is 12.1. The number of rotatable bonds is 6. The molecule has 0 bridgehead atoms. The first kappa shape index (κ1) is 14.8. The number of pyridine rings is 1. The highest BCUT2D eigenvalue weighted by atomic mass is 16.2. The first-order valence-corrected chi connectivity index (χ1v) is 7.68. The molecule has 1 aliphatic rings. The molecular weight excluding hydrogens is 250 g/mol. The molecule has 0 aliphatic heterocycles. The Labute approximate surface area is 121 Å². The van der Waals surface area contributed by atoms with Crippen molar-refractivity contribution < 1.29 is 4.79 Å². The summed E-state index contributed by atoms with van der Waals surface area (Å²) in [6.07, 6.45) is 8.99. The number of carbonyl (C=O) groups is 1. The highest BCUT2D eigenvalue weighted by Crippen LogP contribution is 2.21. The lowest BCUT2D eigenvalue weighted by Gasteiger charge is -2.17. The Kier molecular flexibility index (Phi) is 5.39. The molecule has 0 atom stereocenters. The molecule has 0 unspecified atom stereocenters. The summed E-state index contributed by atoms with van der Waals surface area (Å²) in [5.41, 5.74) is 1.55. The highest BCUT2D eigenvalue weighted by molar-refractivity contribution is 5.92. The van der Waals surface area contributed by atoms with Crippen molar-refractivity contribution in [2.75, 3.05) is 18.9 Å². The molecule has 1 aromatic heterocycles. The lowest BCUT2D eigenvalue weighted by atomic mass is 10.2. The van der Waals surface area contributed by atoms with Gasteiger partial charge in [0, 0.05) is 19.6 Å². The monoisotopic (exact) mass is 275 g/mol. The van der Waals surface area contributed by atoms with Gasteiger partial charge in [0.2, 0.25) is 0 Å². The highest BCUT2D eigenvalue weighted by Gasteiger charge is 2.16. The van der Waals surface area contributed by atoms with Gasteiger partial charge in [-0.15, -0.1) is 0 Å². The van der Waals surface area contributed by atoms with Crippen LogP contribution in [0, 0.1) is 0 Å². The van der Waals surface area contributed by atoms with Crippen LogP contribution in [0.3, 0.4) is 0 Å². The quantitative estimate of drug-likeness (QED) is 0.866. The molecule has 0 radical (unpaired) electrons. The fourth-order valence-electron chi connectivity index (χ4n) is 2.60. The van der Waals surface area contributed by atoms with Gasteiger partial charge in [-0.1, -0.05) is 26.2 Å². The number of amides is 1. The molecule has 0 aromatic carbocycles. The first-order valence-electron chi connectivity index (χ1n) is 7.68. The topological polar surface area (TPSA) is 45.2 Å². The average Bonchev–Trinajstić information content (AvgIpc) is 2.97. The maximum atomic E-state index is 12.1. The van der Waals surface area contributed by atoms with E-state index in [-0.39, 0.29) is 5.91 Å². The van der Waals surface area contributed by atoms with Gasteiger partial charge in [-0.2, -0.15) is 0 Å². The van der Waals surface area contributed by atoms with Gasteiger partial charge in [-0.05, 0) is 31.4 Å². The number of unbranched alkanes of at least 4 members (excludes halogenated alkanes) is 1. The van der Waals surface area contributed by atoms with Crippen LogP contribution in [0.1, 0.15) is 55.9 Å². The Balaban J connectivity index is 1.91. The molecule has 2 rings (SSSR count). The Bertz CT molecular complexity index is 424. The fourth-order valence-corrected chi connectivity index (χ4v) is 2.60. The van der Waals surface area contributed by atoms with Crippen LogP contribution in [-0.4, -0.2) is 35.4 Å². The summed E-state index contributed by atoms with van der Waals surface area (Å²) in [7, 11) is 1.84. The van der Waals surface area contributed by atoms with Crippen molar-refractivity contribution >= 4 is 11.6 Å². The zero-order valence-corrected chi connectivity index (χ0v) is 12.6.